The molecule has 0 amide bonds. The fraction of sp³-hybridized carbons (Fsp3) is 0.143. The van der Waals surface area contributed by atoms with Crippen LogP contribution in [0, 0.1) is 0 Å². The van der Waals surface area contributed by atoms with Gasteiger partial charge in [0.2, 0.25) is 10.0 Å². The Kier molecular flexibility index (Phi) is 8.32. The van der Waals surface area contributed by atoms with Crippen molar-refractivity contribution in [3.8, 4) is 11.1 Å². The Balaban J connectivity index is 1.47. The summed E-state index contributed by atoms with van der Waals surface area (Å²) in [7, 11) is -4.78. The molecular formula is C28H24F3N3O4S. The number of carbonyl (C=O) groups is 1. The van der Waals surface area contributed by atoms with Gasteiger partial charge < -0.3 is 10.4 Å². The number of anilines is 1. The summed E-state index contributed by atoms with van der Waals surface area (Å²) in [6.07, 6.45) is -3.50. The second-order valence-corrected chi connectivity index (χ2v) is 10.4. The summed E-state index contributed by atoms with van der Waals surface area (Å²) in [6, 6.07) is 22.2. The number of halogens is 3. The van der Waals surface area contributed by atoms with Crippen molar-refractivity contribution in [2.75, 3.05) is 5.32 Å². The Morgan fingerprint density at radius 3 is 2.26 bits per heavy atom. The molecule has 4 rings (SSSR count). The molecule has 1 heterocycles. The number of hydrogen-bond acceptors (Lipinski definition) is 5. The van der Waals surface area contributed by atoms with E-state index in [0.29, 0.717) is 18.2 Å². The first kappa shape index (κ1) is 27.8. The lowest BCUT2D eigenvalue weighted by Crippen LogP contribution is -2.42. The minimum atomic E-state index is -4.92. The van der Waals surface area contributed by atoms with Crippen molar-refractivity contribution < 1.29 is 31.5 Å². The van der Waals surface area contributed by atoms with Crippen molar-refractivity contribution >= 4 is 21.8 Å². The molecule has 0 radical (unpaired) electrons. The molecule has 0 aliphatic carbocycles. The van der Waals surface area contributed by atoms with Gasteiger partial charge in [-0.25, -0.2) is 13.4 Å². The zero-order chi connectivity index (χ0) is 28.0. The average Bonchev–Trinajstić information content (AvgIpc) is 2.92. The van der Waals surface area contributed by atoms with Crippen molar-refractivity contribution in [2.24, 2.45) is 0 Å². The van der Waals surface area contributed by atoms with Gasteiger partial charge in [-0.1, -0.05) is 60.7 Å². The van der Waals surface area contributed by atoms with Gasteiger partial charge in [0.05, 0.1) is 10.5 Å². The van der Waals surface area contributed by atoms with E-state index < -0.39 is 38.7 Å². The summed E-state index contributed by atoms with van der Waals surface area (Å²) in [6.45, 7) is 0.556. The van der Waals surface area contributed by atoms with Crippen LogP contribution in [0.2, 0.25) is 0 Å². The maximum atomic E-state index is 13.3. The highest BCUT2D eigenvalue weighted by molar-refractivity contribution is 7.89. The first-order valence-electron chi connectivity index (χ1n) is 11.8. The van der Waals surface area contributed by atoms with Crippen LogP contribution in [0.1, 0.15) is 16.7 Å². The third kappa shape index (κ3) is 7.21. The molecule has 202 valence electrons. The zero-order valence-electron chi connectivity index (χ0n) is 20.4. The number of carboxylic acids is 1. The standard InChI is InChI=1S/C28H24F3N3O4S/c29-28(30,31)23-8-1-2-9-25(23)39(37,38)34-24(27(35)36)17-19-11-13-21(14-12-19)22-7-5-6-20(16-22)18-33-26-10-3-4-15-32-26/h1-16,24,34H,17-18H2,(H,32,33)(H,35,36). The number of sulfonamides is 1. The summed E-state index contributed by atoms with van der Waals surface area (Å²) in [5, 5.41) is 12.8. The largest absolute Gasteiger partial charge is 0.480 e. The third-order valence-corrected chi connectivity index (χ3v) is 7.40. The molecule has 39 heavy (non-hydrogen) atoms. The third-order valence-electron chi connectivity index (χ3n) is 5.87. The molecule has 4 aromatic rings. The molecule has 1 aromatic heterocycles. The van der Waals surface area contributed by atoms with Gasteiger partial charge in [0.15, 0.2) is 0 Å². The van der Waals surface area contributed by atoms with E-state index in [9.17, 15) is 31.5 Å². The molecule has 0 spiro atoms. The molecule has 11 heteroatoms. The average molecular weight is 556 g/mol. The molecule has 3 N–H and O–H groups in total. The van der Waals surface area contributed by atoms with E-state index in [4.69, 9.17) is 0 Å². The maximum Gasteiger partial charge on any atom is 0.417 e. The normalized spacial score (nSPS) is 12.6. The second kappa shape index (κ2) is 11.7. The van der Waals surface area contributed by atoms with E-state index in [2.05, 4.69) is 10.3 Å². The van der Waals surface area contributed by atoms with Gasteiger partial charge in [-0.05, 0) is 59.0 Å². The number of aliphatic carboxylic acids is 1. The highest BCUT2D eigenvalue weighted by Crippen LogP contribution is 2.34. The van der Waals surface area contributed by atoms with Gasteiger partial charge in [-0.2, -0.15) is 17.9 Å². The number of benzene rings is 3. The lowest BCUT2D eigenvalue weighted by atomic mass is 9.99. The van der Waals surface area contributed by atoms with E-state index in [1.54, 1.807) is 30.5 Å². The van der Waals surface area contributed by atoms with Crippen molar-refractivity contribution in [2.45, 2.75) is 30.1 Å². The van der Waals surface area contributed by atoms with Crippen molar-refractivity contribution in [1.82, 2.24) is 9.71 Å². The fourth-order valence-corrected chi connectivity index (χ4v) is 5.37. The van der Waals surface area contributed by atoms with Crippen LogP contribution in [0.5, 0.6) is 0 Å². The molecule has 1 unspecified atom stereocenters. The van der Waals surface area contributed by atoms with Crippen molar-refractivity contribution in [1.29, 1.82) is 0 Å². The van der Waals surface area contributed by atoms with E-state index in [1.165, 1.54) is 0 Å². The van der Waals surface area contributed by atoms with Crippen LogP contribution >= 0.6 is 0 Å². The Morgan fingerprint density at radius 1 is 0.872 bits per heavy atom. The minimum Gasteiger partial charge on any atom is -0.480 e. The molecule has 7 nitrogen and oxygen atoms in total. The fourth-order valence-electron chi connectivity index (χ4n) is 3.96. The number of aromatic nitrogens is 1. The Morgan fingerprint density at radius 2 is 1.59 bits per heavy atom. The Hall–Kier alpha value is -4.22. The molecule has 0 fully saturated rings. The number of carboxylic acid groups (broad SMARTS) is 1. The van der Waals surface area contributed by atoms with E-state index >= 15 is 0 Å². The summed E-state index contributed by atoms with van der Waals surface area (Å²) < 4.78 is 67.4. The molecule has 0 aliphatic heterocycles. The van der Waals surface area contributed by atoms with Crippen LogP contribution in [0.25, 0.3) is 11.1 Å². The Bertz CT molecular complexity index is 1540. The van der Waals surface area contributed by atoms with E-state index in [1.807, 2.05) is 47.2 Å². The molecule has 3 aromatic carbocycles. The van der Waals surface area contributed by atoms with Gasteiger partial charge in [-0.15, -0.1) is 0 Å². The van der Waals surface area contributed by atoms with Crippen LogP contribution in [-0.4, -0.2) is 30.5 Å². The van der Waals surface area contributed by atoms with Gasteiger partial charge >= 0.3 is 12.1 Å². The number of rotatable bonds is 10. The molecule has 0 saturated carbocycles. The van der Waals surface area contributed by atoms with E-state index in [-0.39, 0.29) is 6.42 Å². The lowest BCUT2D eigenvalue weighted by Gasteiger charge is -2.18. The van der Waals surface area contributed by atoms with Crippen LogP contribution in [0.4, 0.5) is 19.0 Å². The van der Waals surface area contributed by atoms with Gasteiger partial charge in [-0.3, -0.25) is 4.79 Å². The maximum absolute atomic E-state index is 13.3. The van der Waals surface area contributed by atoms with Crippen molar-refractivity contribution in [3.05, 3.63) is 114 Å². The minimum absolute atomic E-state index is 0.267. The summed E-state index contributed by atoms with van der Waals surface area (Å²) >= 11 is 0. The highest BCUT2D eigenvalue weighted by atomic mass is 32.2. The molecular weight excluding hydrogens is 531 g/mol. The van der Waals surface area contributed by atoms with Gasteiger partial charge in [0.1, 0.15) is 11.9 Å². The second-order valence-electron chi connectivity index (χ2n) is 8.68. The first-order chi connectivity index (χ1) is 18.5. The zero-order valence-corrected chi connectivity index (χ0v) is 21.2. The topological polar surface area (TPSA) is 108 Å². The predicted molar refractivity (Wildman–Crippen MR) is 140 cm³/mol. The molecule has 0 saturated heterocycles. The van der Waals surface area contributed by atoms with Crippen LogP contribution in [0.3, 0.4) is 0 Å². The number of nitrogens with one attached hydrogen (secondary N) is 2. The number of pyridine rings is 1. The Labute approximate surface area is 223 Å². The quantitative estimate of drug-likeness (QED) is 0.243. The van der Waals surface area contributed by atoms with Crippen LogP contribution < -0.4 is 10.0 Å². The van der Waals surface area contributed by atoms with Gasteiger partial charge in [0.25, 0.3) is 0 Å². The highest BCUT2D eigenvalue weighted by Gasteiger charge is 2.38. The smallest absolute Gasteiger partial charge is 0.417 e. The van der Waals surface area contributed by atoms with Crippen LogP contribution in [-0.2, 0) is 34.0 Å². The molecule has 0 aliphatic rings. The number of alkyl halides is 3. The van der Waals surface area contributed by atoms with E-state index in [0.717, 1.165) is 40.7 Å². The lowest BCUT2D eigenvalue weighted by molar-refractivity contribution is -0.140. The summed E-state index contributed by atoms with van der Waals surface area (Å²) in [5.74, 6) is -0.766. The molecule has 1 atom stereocenters. The van der Waals surface area contributed by atoms with Crippen LogP contribution in [0.15, 0.2) is 102 Å². The number of nitrogens with zero attached hydrogens (tertiary/aromatic N) is 1. The summed E-state index contributed by atoms with van der Waals surface area (Å²) in [5.41, 5.74) is 1.90. The SMILES string of the molecule is O=C(O)C(Cc1ccc(-c2cccc(CNc3ccccn3)c2)cc1)NS(=O)(=O)c1ccccc1C(F)(F)F. The first-order valence-corrected chi connectivity index (χ1v) is 13.3. The van der Waals surface area contributed by atoms with Gasteiger partial charge in [0, 0.05) is 12.7 Å². The van der Waals surface area contributed by atoms with Crippen molar-refractivity contribution in [3.63, 3.8) is 0 Å². The number of hydrogen-bond donors (Lipinski definition) is 3. The monoisotopic (exact) mass is 555 g/mol. The predicted octanol–water partition coefficient (Wildman–Crippen LogP) is 5.35. The summed E-state index contributed by atoms with van der Waals surface area (Å²) in [4.78, 5) is 15.0. The molecule has 0 bridgehead atoms.